The van der Waals surface area contributed by atoms with Crippen molar-refractivity contribution < 1.29 is 4.79 Å². The average Bonchev–Trinajstić information content (AvgIpc) is 3.01. The number of piperidine rings is 1. The zero-order valence-corrected chi connectivity index (χ0v) is 10.4. The molecule has 4 heteroatoms. The maximum atomic E-state index is 12.1. The third kappa shape index (κ3) is 1.33. The summed E-state index contributed by atoms with van der Waals surface area (Å²) in [6.45, 7) is 0.550. The monoisotopic (exact) mass is 280 g/mol. The van der Waals surface area contributed by atoms with Crippen molar-refractivity contribution >= 4 is 27.5 Å². The van der Waals surface area contributed by atoms with Gasteiger partial charge in [0.25, 0.3) is 0 Å². The van der Waals surface area contributed by atoms with Gasteiger partial charge in [0.2, 0.25) is 5.91 Å². The number of fused-ring (bicyclic) bond motifs is 1. The van der Waals surface area contributed by atoms with Crippen molar-refractivity contribution in [3.8, 4) is 0 Å². The molecule has 1 aromatic rings. The highest BCUT2D eigenvalue weighted by Crippen LogP contribution is 2.52. The summed E-state index contributed by atoms with van der Waals surface area (Å²) in [5, 5.41) is 0. The smallest absolute Gasteiger partial charge is 0.230 e. The molecule has 2 fully saturated rings. The SMILES string of the molecule is NCC1C2CC2C(=O)N1c1ccccc1Br. The summed E-state index contributed by atoms with van der Waals surface area (Å²) in [5.41, 5.74) is 6.74. The summed E-state index contributed by atoms with van der Waals surface area (Å²) in [4.78, 5) is 14.0. The molecular weight excluding hydrogens is 268 g/mol. The van der Waals surface area contributed by atoms with Crippen molar-refractivity contribution in [3.05, 3.63) is 28.7 Å². The van der Waals surface area contributed by atoms with Crippen LogP contribution in [-0.4, -0.2) is 18.5 Å². The van der Waals surface area contributed by atoms with Gasteiger partial charge in [0.05, 0.1) is 11.7 Å². The number of carbonyl (C=O) groups is 1. The Morgan fingerprint density at radius 1 is 1.44 bits per heavy atom. The van der Waals surface area contributed by atoms with E-state index in [0.717, 1.165) is 16.6 Å². The maximum absolute atomic E-state index is 12.1. The highest BCUT2D eigenvalue weighted by Gasteiger charge is 2.58. The lowest BCUT2D eigenvalue weighted by Gasteiger charge is -2.27. The van der Waals surface area contributed by atoms with Crippen LogP contribution < -0.4 is 10.6 Å². The van der Waals surface area contributed by atoms with Gasteiger partial charge in [0.15, 0.2) is 0 Å². The van der Waals surface area contributed by atoms with E-state index in [4.69, 9.17) is 5.73 Å². The Labute approximate surface area is 103 Å². The second-order valence-electron chi connectivity index (χ2n) is 4.47. The lowest BCUT2D eigenvalue weighted by atomic mass is 10.1. The second kappa shape index (κ2) is 3.57. The van der Waals surface area contributed by atoms with Gasteiger partial charge in [-0.25, -0.2) is 0 Å². The Balaban J connectivity index is 2.00. The fraction of sp³-hybridized carbons (Fsp3) is 0.417. The average molecular weight is 281 g/mol. The molecule has 0 radical (unpaired) electrons. The normalized spacial score (nSPS) is 31.8. The van der Waals surface area contributed by atoms with Crippen molar-refractivity contribution in [3.63, 3.8) is 0 Å². The summed E-state index contributed by atoms with van der Waals surface area (Å²) in [6, 6.07) is 8.02. The minimum Gasteiger partial charge on any atom is -0.328 e. The largest absolute Gasteiger partial charge is 0.328 e. The van der Waals surface area contributed by atoms with Crippen LogP contribution in [0.3, 0.4) is 0 Å². The summed E-state index contributed by atoms with van der Waals surface area (Å²) < 4.78 is 0.961. The fourth-order valence-electron chi connectivity index (χ4n) is 2.68. The van der Waals surface area contributed by atoms with Crippen LogP contribution in [0.15, 0.2) is 28.7 Å². The van der Waals surface area contributed by atoms with Gasteiger partial charge in [-0.15, -0.1) is 0 Å². The molecule has 1 amide bonds. The first kappa shape index (κ1) is 10.3. The van der Waals surface area contributed by atoms with Gasteiger partial charge in [0.1, 0.15) is 0 Å². The first-order chi connectivity index (χ1) is 7.74. The summed E-state index contributed by atoms with van der Waals surface area (Å²) >= 11 is 3.49. The van der Waals surface area contributed by atoms with Crippen LogP contribution >= 0.6 is 15.9 Å². The van der Waals surface area contributed by atoms with Crippen molar-refractivity contribution in [1.29, 1.82) is 0 Å². The molecule has 1 saturated heterocycles. The quantitative estimate of drug-likeness (QED) is 0.897. The number of nitrogens with zero attached hydrogens (tertiary/aromatic N) is 1. The first-order valence-electron chi connectivity index (χ1n) is 5.51. The number of nitrogens with two attached hydrogens (primary N) is 1. The van der Waals surface area contributed by atoms with Gasteiger partial charge >= 0.3 is 0 Å². The van der Waals surface area contributed by atoms with E-state index in [9.17, 15) is 4.79 Å². The maximum Gasteiger partial charge on any atom is 0.230 e. The van der Waals surface area contributed by atoms with Crippen LogP contribution in [0.4, 0.5) is 5.69 Å². The van der Waals surface area contributed by atoms with E-state index in [0.29, 0.717) is 12.5 Å². The zero-order chi connectivity index (χ0) is 11.3. The minimum atomic E-state index is 0.191. The topological polar surface area (TPSA) is 46.3 Å². The molecule has 1 aliphatic heterocycles. The second-order valence-corrected chi connectivity index (χ2v) is 5.32. The van der Waals surface area contributed by atoms with Crippen molar-refractivity contribution in [2.75, 3.05) is 11.4 Å². The molecule has 3 atom stereocenters. The lowest BCUT2D eigenvalue weighted by Crippen LogP contribution is -2.41. The predicted octanol–water partition coefficient (Wildman–Crippen LogP) is 1.76. The molecule has 3 nitrogen and oxygen atoms in total. The highest BCUT2D eigenvalue weighted by atomic mass is 79.9. The third-order valence-corrected chi connectivity index (χ3v) is 4.24. The summed E-state index contributed by atoms with van der Waals surface area (Å²) in [5.74, 6) is 0.970. The molecule has 3 rings (SSSR count). The van der Waals surface area contributed by atoms with Gasteiger partial charge < -0.3 is 10.6 Å². The van der Waals surface area contributed by atoms with Gasteiger partial charge in [-0.3, -0.25) is 4.79 Å². The van der Waals surface area contributed by atoms with E-state index in [1.165, 1.54) is 0 Å². The molecule has 1 aliphatic carbocycles. The fourth-order valence-corrected chi connectivity index (χ4v) is 3.16. The van der Waals surface area contributed by atoms with Gasteiger partial charge in [-0.05, 0) is 40.4 Å². The summed E-state index contributed by atoms with van der Waals surface area (Å²) in [7, 11) is 0. The first-order valence-corrected chi connectivity index (χ1v) is 6.31. The molecule has 3 unspecified atom stereocenters. The number of hydrogen-bond donors (Lipinski definition) is 1. The molecule has 0 spiro atoms. The zero-order valence-electron chi connectivity index (χ0n) is 8.77. The molecule has 2 N–H and O–H groups in total. The molecule has 16 heavy (non-hydrogen) atoms. The molecule has 0 aromatic heterocycles. The number of hydrogen-bond acceptors (Lipinski definition) is 2. The Morgan fingerprint density at radius 2 is 2.19 bits per heavy atom. The molecule has 0 bridgehead atoms. The Morgan fingerprint density at radius 3 is 2.88 bits per heavy atom. The number of anilines is 1. The number of carbonyl (C=O) groups excluding carboxylic acids is 1. The van der Waals surface area contributed by atoms with Gasteiger partial charge in [0, 0.05) is 16.9 Å². The van der Waals surface area contributed by atoms with Crippen LogP contribution in [0, 0.1) is 11.8 Å². The van der Waals surface area contributed by atoms with Crippen LogP contribution in [0.1, 0.15) is 6.42 Å². The predicted molar refractivity (Wildman–Crippen MR) is 66.1 cm³/mol. The van der Waals surface area contributed by atoms with Gasteiger partial charge in [-0.1, -0.05) is 12.1 Å². The van der Waals surface area contributed by atoms with E-state index in [1.807, 2.05) is 29.2 Å². The third-order valence-electron chi connectivity index (χ3n) is 3.57. The molecule has 84 valence electrons. The Hall–Kier alpha value is -0.870. The summed E-state index contributed by atoms with van der Waals surface area (Å²) in [6.07, 6.45) is 1.03. The standard InChI is InChI=1S/C12H13BrN2O/c13-9-3-1-2-4-10(9)15-11(6-14)7-5-8(7)12(15)16/h1-4,7-8,11H,5-6,14H2. The molecule has 1 heterocycles. The van der Waals surface area contributed by atoms with Crippen molar-refractivity contribution in [1.82, 2.24) is 0 Å². The Bertz CT molecular complexity index is 448. The minimum absolute atomic E-state index is 0.191. The van der Waals surface area contributed by atoms with Crippen molar-refractivity contribution in [2.24, 2.45) is 17.6 Å². The number of para-hydroxylation sites is 1. The molecular formula is C12H13BrN2O. The Kier molecular flexibility index (Phi) is 2.30. The van der Waals surface area contributed by atoms with Gasteiger partial charge in [-0.2, -0.15) is 0 Å². The van der Waals surface area contributed by atoms with E-state index < -0.39 is 0 Å². The number of amides is 1. The van der Waals surface area contributed by atoms with Crippen LogP contribution in [-0.2, 0) is 4.79 Å². The highest BCUT2D eigenvalue weighted by molar-refractivity contribution is 9.10. The van der Waals surface area contributed by atoms with E-state index in [1.54, 1.807) is 0 Å². The molecule has 1 aromatic carbocycles. The van der Waals surface area contributed by atoms with Crippen LogP contribution in [0.5, 0.6) is 0 Å². The number of benzene rings is 1. The molecule has 2 aliphatic rings. The number of halogens is 1. The van der Waals surface area contributed by atoms with E-state index >= 15 is 0 Å². The lowest BCUT2D eigenvalue weighted by molar-refractivity contribution is -0.118. The van der Waals surface area contributed by atoms with Crippen molar-refractivity contribution in [2.45, 2.75) is 12.5 Å². The number of rotatable bonds is 2. The van der Waals surface area contributed by atoms with E-state index in [2.05, 4.69) is 15.9 Å². The van der Waals surface area contributed by atoms with E-state index in [-0.39, 0.29) is 17.9 Å². The van der Waals surface area contributed by atoms with Crippen LogP contribution in [0.25, 0.3) is 0 Å². The molecule has 1 saturated carbocycles. The van der Waals surface area contributed by atoms with Crippen LogP contribution in [0.2, 0.25) is 0 Å².